The summed E-state index contributed by atoms with van der Waals surface area (Å²) in [5, 5.41) is 7.04. The Morgan fingerprint density at radius 3 is 2.00 bits per heavy atom. The predicted molar refractivity (Wildman–Crippen MR) is 123 cm³/mol. The van der Waals surface area contributed by atoms with Crippen LogP contribution in [0.25, 0.3) is 20.9 Å². The zero-order chi connectivity index (χ0) is 26.8. The molecule has 2 aliphatic rings. The minimum Gasteiger partial charge on any atom is -0.463 e. The number of nitrogens with zero attached hydrogens (tertiary/aromatic N) is 6. The zero-order valence-corrected chi connectivity index (χ0v) is 21.0. The lowest BCUT2D eigenvalue weighted by Crippen LogP contribution is -2.60. The van der Waals surface area contributed by atoms with Crippen LogP contribution in [0.1, 0.15) is 47.0 Å². The second kappa shape index (κ2) is 13.8. The molecule has 0 aromatic rings. The van der Waals surface area contributed by atoms with Crippen molar-refractivity contribution in [2.75, 3.05) is 6.61 Å². The summed E-state index contributed by atoms with van der Waals surface area (Å²) in [5.74, 6) is -2.62. The van der Waals surface area contributed by atoms with Gasteiger partial charge in [-0.25, -0.2) is 0 Å². The molecule has 1 heterocycles. The molecule has 36 heavy (non-hydrogen) atoms. The first-order valence-electron chi connectivity index (χ1n) is 11.1. The highest BCUT2D eigenvalue weighted by Crippen LogP contribution is 2.41. The van der Waals surface area contributed by atoms with Crippen LogP contribution in [-0.4, -0.2) is 77.7 Å². The summed E-state index contributed by atoms with van der Waals surface area (Å²) in [7, 11) is 0. The standard InChI is InChI=1S/C20H28N6O9S/c1-9(27)31-8-14-18(33-11(3)29)16(24-26-22)19(34-12(4)30)20(35-14)36-15-7-5-6-13(23-25-21)17(15)32-10(2)28/h13-20H,5-8H2,1-4H3/t13?,14?,15-,16?,17?,18+,19?,20+/m1/s1. The fourth-order valence-corrected chi connectivity index (χ4v) is 5.76. The van der Waals surface area contributed by atoms with Crippen LogP contribution in [0.4, 0.5) is 0 Å². The molecule has 5 unspecified atom stereocenters. The molecule has 0 bridgehead atoms. The summed E-state index contributed by atoms with van der Waals surface area (Å²) in [6.07, 6.45) is -2.61. The van der Waals surface area contributed by atoms with Crippen LogP contribution >= 0.6 is 11.8 Å². The van der Waals surface area contributed by atoms with Gasteiger partial charge in [0, 0.05) is 42.8 Å². The molecule has 15 nitrogen and oxygen atoms in total. The maximum Gasteiger partial charge on any atom is 0.303 e. The van der Waals surface area contributed by atoms with E-state index in [4.69, 9.17) is 29.2 Å². The maximum atomic E-state index is 11.9. The molecule has 198 valence electrons. The highest BCUT2D eigenvalue weighted by atomic mass is 32.2. The fraction of sp³-hybridized carbons (Fsp3) is 0.800. The van der Waals surface area contributed by atoms with Gasteiger partial charge in [0.05, 0.1) is 6.04 Å². The highest BCUT2D eigenvalue weighted by Gasteiger charge is 2.51. The van der Waals surface area contributed by atoms with Crippen molar-refractivity contribution in [1.29, 1.82) is 0 Å². The van der Waals surface area contributed by atoms with Crippen molar-refractivity contribution < 1.29 is 42.9 Å². The van der Waals surface area contributed by atoms with Gasteiger partial charge in [0.25, 0.3) is 0 Å². The van der Waals surface area contributed by atoms with Gasteiger partial charge in [-0.05, 0) is 23.9 Å². The summed E-state index contributed by atoms with van der Waals surface area (Å²) in [6, 6.07) is -1.85. The molecule has 2 fully saturated rings. The first-order valence-corrected chi connectivity index (χ1v) is 12.1. The average molecular weight is 529 g/mol. The van der Waals surface area contributed by atoms with Crippen molar-refractivity contribution in [2.45, 2.75) is 94.1 Å². The maximum absolute atomic E-state index is 11.9. The molecular weight excluding hydrogens is 500 g/mol. The second-order valence-corrected chi connectivity index (χ2v) is 9.48. The summed E-state index contributed by atoms with van der Waals surface area (Å²) in [5.41, 5.74) is 17.2. The van der Waals surface area contributed by atoms with Crippen LogP contribution < -0.4 is 0 Å². The Labute approximate surface area is 210 Å². The number of hydrogen-bond acceptors (Lipinski definition) is 12. The number of ether oxygens (including phenoxy) is 5. The quantitative estimate of drug-likeness (QED) is 0.140. The second-order valence-electron chi connectivity index (χ2n) is 8.14. The van der Waals surface area contributed by atoms with Gasteiger partial charge >= 0.3 is 23.9 Å². The number of rotatable bonds is 9. The van der Waals surface area contributed by atoms with Gasteiger partial charge in [0.1, 0.15) is 42.5 Å². The SMILES string of the molecule is CC(=O)OCC1O[C@@H](S[C@@H]2CCCC(N=[N+]=[N-])C2OC(C)=O)C(OC(C)=O)C(N=[N+]=[N-])[C@H]1OC(C)=O. The van der Waals surface area contributed by atoms with E-state index in [1.165, 1.54) is 13.8 Å². The molecule has 2 rings (SSSR count). The molecule has 16 heteroatoms. The number of azide groups is 2. The highest BCUT2D eigenvalue weighted by molar-refractivity contribution is 8.00. The Morgan fingerprint density at radius 1 is 0.861 bits per heavy atom. The molecule has 0 radical (unpaired) electrons. The number of hydrogen-bond donors (Lipinski definition) is 0. The van der Waals surface area contributed by atoms with Crippen LogP contribution in [0.15, 0.2) is 10.2 Å². The lowest BCUT2D eigenvalue weighted by atomic mass is 9.92. The molecule has 0 aromatic heterocycles. The van der Waals surface area contributed by atoms with Gasteiger partial charge in [-0.15, -0.1) is 11.8 Å². The zero-order valence-electron chi connectivity index (χ0n) is 20.2. The topological polar surface area (TPSA) is 212 Å². The molecular formula is C20H28N6O9S. The summed E-state index contributed by atoms with van der Waals surface area (Å²) in [6.45, 7) is 4.37. The van der Waals surface area contributed by atoms with E-state index in [2.05, 4.69) is 20.1 Å². The first kappa shape index (κ1) is 29.0. The largest absolute Gasteiger partial charge is 0.463 e. The molecule has 0 aromatic carbocycles. The van der Waals surface area contributed by atoms with Crippen molar-refractivity contribution in [2.24, 2.45) is 10.2 Å². The van der Waals surface area contributed by atoms with E-state index in [1.54, 1.807) is 0 Å². The van der Waals surface area contributed by atoms with Gasteiger partial charge < -0.3 is 23.7 Å². The average Bonchev–Trinajstić information content (AvgIpc) is 2.77. The number of carbonyl (C=O) groups excluding carboxylic acids is 4. The van der Waals surface area contributed by atoms with Crippen LogP contribution in [0.5, 0.6) is 0 Å². The van der Waals surface area contributed by atoms with Crippen molar-refractivity contribution in [3.63, 3.8) is 0 Å². The Bertz CT molecular complexity index is 939. The molecule has 1 aliphatic carbocycles. The summed E-state index contributed by atoms with van der Waals surface area (Å²) in [4.78, 5) is 52.6. The van der Waals surface area contributed by atoms with Crippen LogP contribution in [0.2, 0.25) is 0 Å². The van der Waals surface area contributed by atoms with Crippen molar-refractivity contribution in [1.82, 2.24) is 0 Å². The summed E-state index contributed by atoms with van der Waals surface area (Å²) < 4.78 is 27.4. The third-order valence-electron chi connectivity index (χ3n) is 5.40. The van der Waals surface area contributed by atoms with E-state index in [9.17, 15) is 24.7 Å². The van der Waals surface area contributed by atoms with Gasteiger partial charge in [-0.1, -0.05) is 16.6 Å². The van der Waals surface area contributed by atoms with Crippen molar-refractivity contribution in [3.8, 4) is 0 Å². The van der Waals surface area contributed by atoms with Crippen molar-refractivity contribution in [3.05, 3.63) is 20.9 Å². The summed E-state index contributed by atoms with van der Waals surface area (Å²) >= 11 is 1.14. The molecule has 0 N–H and O–H groups in total. The third-order valence-corrected chi connectivity index (χ3v) is 6.90. The molecule has 0 spiro atoms. The smallest absolute Gasteiger partial charge is 0.303 e. The van der Waals surface area contributed by atoms with E-state index in [0.717, 1.165) is 25.6 Å². The normalized spacial score (nSPS) is 31.6. The molecule has 1 saturated carbocycles. The predicted octanol–water partition coefficient (Wildman–Crippen LogP) is 2.71. The van der Waals surface area contributed by atoms with Gasteiger partial charge in [-0.3, -0.25) is 19.2 Å². The van der Waals surface area contributed by atoms with E-state index < -0.39 is 71.1 Å². The number of thioether (sulfide) groups is 1. The third kappa shape index (κ3) is 8.19. The molecule has 0 amide bonds. The Kier molecular flexibility index (Phi) is 11.1. The number of esters is 4. The van der Waals surface area contributed by atoms with Crippen LogP contribution in [0.3, 0.4) is 0 Å². The van der Waals surface area contributed by atoms with Gasteiger partial charge in [-0.2, -0.15) is 0 Å². The van der Waals surface area contributed by atoms with E-state index in [1.807, 2.05) is 0 Å². The van der Waals surface area contributed by atoms with Crippen molar-refractivity contribution >= 4 is 35.6 Å². The molecule has 1 saturated heterocycles. The molecule has 8 atom stereocenters. The van der Waals surface area contributed by atoms with E-state index >= 15 is 0 Å². The fourth-order valence-electron chi connectivity index (χ4n) is 4.14. The van der Waals surface area contributed by atoms with Gasteiger partial charge in [0.2, 0.25) is 0 Å². The minimum atomic E-state index is -1.23. The lowest BCUT2D eigenvalue weighted by molar-refractivity contribution is -0.201. The monoisotopic (exact) mass is 528 g/mol. The van der Waals surface area contributed by atoms with Crippen LogP contribution in [0, 0.1) is 0 Å². The minimum absolute atomic E-state index is 0.339. The molecule has 1 aliphatic heterocycles. The van der Waals surface area contributed by atoms with Gasteiger partial charge in [0.15, 0.2) is 0 Å². The Morgan fingerprint density at radius 2 is 1.44 bits per heavy atom. The van der Waals surface area contributed by atoms with E-state index in [0.29, 0.717) is 19.3 Å². The Hall–Kier alpha value is -3.19. The Balaban J connectivity index is 2.46. The lowest BCUT2D eigenvalue weighted by Gasteiger charge is -2.45. The first-order chi connectivity index (χ1) is 17.1. The van der Waals surface area contributed by atoms with Crippen LogP contribution in [-0.2, 0) is 42.9 Å². The number of carbonyl (C=O) groups is 4. The van der Waals surface area contributed by atoms with E-state index in [-0.39, 0.29) is 6.61 Å².